The maximum atomic E-state index is 11.3. The number of halogens is 1. The van der Waals surface area contributed by atoms with Crippen molar-refractivity contribution in [3.8, 4) is 0 Å². The number of aryl methyl sites for hydroxylation is 1. The topological polar surface area (TPSA) is 42.4 Å². The molecule has 1 aromatic rings. The van der Waals surface area contributed by atoms with E-state index >= 15 is 0 Å². The summed E-state index contributed by atoms with van der Waals surface area (Å²) in [6.45, 7) is 6.69. The lowest BCUT2D eigenvalue weighted by Gasteiger charge is -2.25. The third kappa shape index (κ3) is 2.72. The number of nitrogens with zero attached hydrogens (tertiary/aromatic N) is 2. The Bertz CT molecular complexity index is 375. The van der Waals surface area contributed by atoms with Gasteiger partial charge in [-0.1, -0.05) is 11.3 Å². The molecule has 1 aromatic heterocycles. The van der Waals surface area contributed by atoms with E-state index in [4.69, 9.17) is 4.74 Å². The predicted molar refractivity (Wildman–Crippen MR) is 67.1 cm³/mol. The second kappa shape index (κ2) is 5.61. The minimum absolute atomic E-state index is 0. The first-order valence-electron chi connectivity index (χ1n) is 4.99. The molecule has 1 aliphatic rings. The highest BCUT2D eigenvalue weighted by molar-refractivity contribution is 7.17. The number of hydrogen-bond donors (Lipinski definition) is 0. The van der Waals surface area contributed by atoms with Gasteiger partial charge in [0.15, 0.2) is 10.9 Å². The summed E-state index contributed by atoms with van der Waals surface area (Å²) in [7, 11) is 0. The van der Waals surface area contributed by atoms with Gasteiger partial charge in [-0.3, -0.25) is 4.79 Å². The van der Waals surface area contributed by atoms with Crippen LogP contribution in [0.25, 0.3) is 0 Å². The van der Waals surface area contributed by atoms with Gasteiger partial charge >= 0.3 is 0 Å². The van der Waals surface area contributed by atoms with Crippen LogP contribution in [-0.2, 0) is 4.74 Å². The molecule has 0 N–H and O–H groups in total. The van der Waals surface area contributed by atoms with Crippen LogP contribution in [0.2, 0.25) is 0 Å². The molecule has 0 radical (unpaired) electrons. The van der Waals surface area contributed by atoms with Crippen molar-refractivity contribution in [3.63, 3.8) is 0 Å². The number of hydrogen-bond acceptors (Lipinski definition) is 5. The Morgan fingerprint density at radius 3 is 2.56 bits per heavy atom. The largest absolute Gasteiger partial charge is 0.378 e. The Balaban J connectivity index is 0.00000128. The Morgan fingerprint density at radius 2 is 2.06 bits per heavy atom. The third-order valence-electron chi connectivity index (χ3n) is 2.39. The van der Waals surface area contributed by atoms with Crippen molar-refractivity contribution in [2.75, 3.05) is 31.2 Å². The van der Waals surface area contributed by atoms with E-state index in [0.29, 0.717) is 0 Å². The van der Waals surface area contributed by atoms with Crippen molar-refractivity contribution in [1.29, 1.82) is 0 Å². The van der Waals surface area contributed by atoms with E-state index in [0.717, 1.165) is 42.0 Å². The fourth-order valence-electron chi connectivity index (χ4n) is 1.60. The highest BCUT2D eigenvalue weighted by Gasteiger charge is 2.18. The second-order valence-corrected chi connectivity index (χ2v) is 4.54. The smallest absolute Gasteiger partial charge is 0.186 e. The predicted octanol–water partition coefficient (Wildman–Crippen LogP) is 1.91. The number of carbonyl (C=O) groups excluding carboxylic acids is 1. The van der Waals surface area contributed by atoms with Crippen LogP contribution in [0.5, 0.6) is 0 Å². The standard InChI is InChI=1S/C10H14N2O2S.ClH/c1-7-9(8(2)13)15-10(11-7)12-3-5-14-6-4-12;/h3-6H2,1-2H3;1H. The molecule has 2 rings (SSSR count). The Morgan fingerprint density at radius 1 is 1.44 bits per heavy atom. The van der Waals surface area contributed by atoms with E-state index in [1.807, 2.05) is 6.92 Å². The summed E-state index contributed by atoms with van der Waals surface area (Å²) in [6, 6.07) is 0. The maximum absolute atomic E-state index is 11.3. The van der Waals surface area contributed by atoms with Crippen molar-refractivity contribution in [3.05, 3.63) is 10.6 Å². The first kappa shape index (κ1) is 13.4. The number of Topliss-reactive ketones (excluding diaryl/α,β-unsaturated/α-hetero) is 1. The van der Waals surface area contributed by atoms with Gasteiger partial charge in [0.25, 0.3) is 0 Å². The summed E-state index contributed by atoms with van der Waals surface area (Å²) in [5.74, 6) is 0.101. The van der Waals surface area contributed by atoms with Gasteiger partial charge in [0.1, 0.15) is 0 Å². The molecule has 2 heterocycles. The molecular formula is C10H15ClN2O2S. The molecule has 0 saturated carbocycles. The van der Waals surface area contributed by atoms with Crippen LogP contribution in [0.1, 0.15) is 22.3 Å². The first-order chi connectivity index (χ1) is 7.18. The Hall–Kier alpha value is -0.650. The minimum atomic E-state index is 0. The summed E-state index contributed by atoms with van der Waals surface area (Å²) >= 11 is 1.48. The van der Waals surface area contributed by atoms with Crippen LogP contribution >= 0.6 is 23.7 Å². The van der Waals surface area contributed by atoms with E-state index < -0.39 is 0 Å². The first-order valence-corrected chi connectivity index (χ1v) is 5.81. The molecule has 16 heavy (non-hydrogen) atoms. The third-order valence-corrected chi connectivity index (χ3v) is 3.71. The number of ketones is 1. The summed E-state index contributed by atoms with van der Waals surface area (Å²) in [5, 5.41) is 0.945. The van der Waals surface area contributed by atoms with Crippen LogP contribution in [0.15, 0.2) is 0 Å². The van der Waals surface area contributed by atoms with Crippen LogP contribution in [0, 0.1) is 6.92 Å². The van der Waals surface area contributed by atoms with Crippen LogP contribution in [0.3, 0.4) is 0 Å². The Kier molecular flexibility index (Phi) is 4.70. The molecule has 1 fully saturated rings. The minimum Gasteiger partial charge on any atom is -0.378 e. The number of carbonyl (C=O) groups is 1. The molecule has 90 valence electrons. The molecule has 0 atom stereocenters. The normalized spacial score (nSPS) is 15.8. The molecule has 0 aromatic carbocycles. The lowest BCUT2D eigenvalue weighted by atomic mass is 10.3. The van der Waals surface area contributed by atoms with Crippen LogP contribution < -0.4 is 4.90 Å². The lowest BCUT2D eigenvalue weighted by molar-refractivity contribution is 0.102. The lowest BCUT2D eigenvalue weighted by Crippen LogP contribution is -2.36. The fraction of sp³-hybridized carbons (Fsp3) is 0.600. The fourth-order valence-corrected chi connectivity index (χ4v) is 2.61. The van der Waals surface area contributed by atoms with E-state index in [-0.39, 0.29) is 18.2 Å². The number of rotatable bonds is 2. The monoisotopic (exact) mass is 262 g/mol. The zero-order valence-corrected chi connectivity index (χ0v) is 11.0. The van der Waals surface area contributed by atoms with Gasteiger partial charge in [-0.25, -0.2) is 4.98 Å². The molecule has 0 amide bonds. The van der Waals surface area contributed by atoms with E-state index in [2.05, 4.69) is 9.88 Å². The number of aromatic nitrogens is 1. The van der Waals surface area contributed by atoms with Crippen molar-refractivity contribution < 1.29 is 9.53 Å². The highest BCUT2D eigenvalue weighted by Crippen LogP contribution is 2.26. The molecule has 0 unspecified atom stereocenters. The summed E-state index contributed by atoms with van der Waals surface area (Å²) in [5.41, 5.74) is 0.842. The van der Waals surface area contributed by atoms with Crippen LogP contribution in [0.4, 0.5) is 5.13 Å². The average molecular weight is 263 g/mol. The quantitative estimate of drug-likeness (QED) is 0.764. The average Bonchev–Trinajstić information content (AvgIpc) is 2.62. The molecule has 0 spiro atoms. The van der Waals surface area contributed by atoms with Crippen molar-refractivity contribution in [2.45, 2.75) is 13.8 Å². The maximum Gasteiger partial charge on any atom is 0.186 e. The van der Waals surface area contributed by atoms with Gasteiger partial charge in [-0.15, -0.1) is 12.4 Å². The molecule has 1 aliphatic heterocycles. The number of ether oxygens (including phenoxy) is 1. The SMILES string of the molecule is CC(=O)c1sc(N2CCOCC2)nc1C.Cl. The molecule has 0 aliphatic carbocycles. The van der Waals surface area contributed by atoms with Gasteiger partial charge in [0, 0.05) is 20.0 Å². The highest BCUT2D eigenvalue weighted by atomic mass is 35.5. The van der Waals surface area contributed by atoms with Crippen LogP contribution in [-0.4, -0.2) is 37.1 Å². The molecular weight excluding hydrogens is 248 g/mol. The zero-order valence-electron chi connectivity index (χ0n) is 9.36. The van der Waals surface area contributed by atoms with E-state index in [9.17, 15) is 4.79 Å². The molecule has 1 saturated heterocycles. The van der Waals surface area contributed by atoms with Crippen molar-refractivity contribution in [2.24, 2.45) is 0 Å². The van der Waals surface area contributed by atoms with Gasteiger partial charge in [-0.05, 0) is 6.92 Å². The number of thiazole rings is 1. The van der Waals surface area contributed by atoms with Crippen molar-refractivity contribution >= 4 is 34.7 Å². The Labute approximate surface area is 105 Å². The van der Waals surface area contributed by atoms with Gasteiger partial charge < -0.3 is 9.64 Å². The number of anilines is 1. The molecule has 4 nitrogen and oxygen atoms in total. The van der Waals surface area contributed by atoms with E-state index in [1.54, 1.807) is 6.92 Å². The van der Waals surface area contributed by atoms with Gasteiger partial charge in [0.05, 0.1) is 23.8 Å². The van der Waals surface area contributed by atoms with Crippen molar-refractivity contribution in [1.82, 2.24) is 4.98 Å². The summed E-state index contributed by atoms with van der Waals surface area (Å²) in [4.78, 5) is 18.7. The zero-order chi connectivity index (χ0) is 10.8. The van der Waals surface area contributed by atoms with Gasteiger partial charge in [0.2, 0.25) is 0 Å². The summed E-state index contributed by atoms with van der Waals surface area (Å²) in [6.07, 6.45) is 0. The van der Waals surface area contributed by atoms with Gasteiger partial charge in [-0.2, -0.15) is 0 Å². The van der Waals surface area contributed by atoms with E-state index in [1.165, 1.54) is 11.3 Å². The second-order valence-electron chi connectivity index (χ2n) is 3.57. The summed E-state index contributed by atoms with van der Waals surface area (Å²) < 4.78 is 5.27. The molecule has 6 heteroatoms. The molecule has 0 bridgehead atoms. The number of morpholine rings is 1.